The zero-order valence-electron chi connectivity index (χ0n) is 14.4. The molecule has 25 heavy (non-hydrogen) atoms. The van der Waals surface area contributed by atoms with E-state index < -0.39 is 6.04 Å². The van der Waals surface area contributed by atoms with Gasteiger partial charge in [-0.2, -0.15) is 11.8 Å². The van der Waals surface area contributed by atoms with Crippen LogP contribution in [0.1, 0.15) is 22.5 Å². The number of furan rings is 1. The number of aryl methyl sites for hydroxylation is 1. The molecule has 0 saturated carbocycles. The van der Waals surface area contributed by atoms with E-state index in [0.717, 1.165) is 21.5 Å². The number of hydrogen-bond donors (Lipinski definition) is 1. The van der Waals surface area contributed by atoms with Gasteiger partial charge in [-0.15, -0.1) is 0 Å². The van der Waals surface area contributed by atoms with Crippen molar-refractivity contribution in [3.63, 3.8) is 0 Å². The first-order chi connectivity index (χ1) is 11.9. The third-order valence-corrected chi connectivity index (χ3v) is 5.35. The molecule has 2 rings (SSSR count). The fraction of sp³-hybridized carbons (Fsp3) is 0.333. The van der Waals surface area contributed by atoms with Crippen LogP contribution in [-0.4, -0.2) is 36.9 Å². The van der Waals surface area contributed by atoms with Gasteiger partial charge < -0.3 is 14.6 Å². The first kappa shape index (κ1) is 19.6. The topological polar surface area (TPSA) is 62.6 Å². The fourth-order valence-corrected chi connectivity index (χ4v) is 3.05. The molecule has 1 unspecified atom stereocenters. The summed E-state index contributed by atoms with van der Waals surface area (Å²) in [6.07, 6.45) is 3.95. The van der Waals surface area contributed by atoms with Gasteiger partial charge in [0.05, 0.1) is 6.26 Å². The summed E-state index contributed by atoms with van der Waals surface area (Å²) in [7, 11) is 1.72. The Kier molecular flexibility index (Phi) is 7.13. The average Bonchev–Trinajstić information content (AvgIpc) is 3.14. The van der Waals surface area contributed by atoms with Crippen molar-refractivity contribution in [3.05, 3.63) is 52.4 Å². The molecule has 134 valence electrons. The third kappa shape index (κ3) is 5.12. The van der Waals surface area contributed by atoms with Gasteiger partial charge in [0.25, 0.3) is 5.91 Å². The Morgan fingerprint density at radius 3 is 2.72 bits per heavy atom. The van der Waals surface area contributed by atoms with Crippen molar-refractivity contribution >= 4 is 45.2 Å². The Morgan fingerprint density at radius 2 is 2.12 bits per heavy atom. The average molecular weight is 425 g/mol. The number of nitrogens with zero attached hydrogens (tertiary/aromatic N) is 1. The third-order valence-electron chi connectivity index (χ3n) is 3.82. The lowest BCUT2D eigenvalue weighted by Gasteiger charge is -2.25. The van der Waals surface area contributed by atoms with E-state index in [1.54, 1.807) is 35.8 Å². The van der Waals surface area contributed by atoms with Crippen LogP contribution in [-0.2, 0) is 4.79 Å². The van der Waals surface area contributed by atoms with E-state index in [0.29, 0.717) is 6.42 Å². The minimum atomic E-state index is -0.612. The highest BCUT2D eigenvalue weighted by molar-refractivity contribution is 9.10. The van der Waals surface area contributed by atoms with Crippen LogP contribution in [0, 0.1) is 6.92 Å². The SMILES string of the molecule is CSCCC(NC(=O)c1ccco1)C(=O)N(C)c1ccc(Br)c(C)c1. The number of likely N-dealkylation sites (N-methyl/N-ethyl adjacent to an activating group) is 1. The lowest BCUT2D eigenvalue weighted by Crippen LogP contribution is -2.47. The maximum absolute atomic E-state index is 12.9. The van der Waals surface area contributed by atoms with Gasteiger partial charge in [-0.25, -0.2) is 0 Å². The summed E-state index contributed by atoms with van der Waals surface area (Å²) in [6.45, 7) is 1.97. The molecule has 0 bridgehead atoms. The highest BCUT2D eigenvalue weighted by Crippen LogP contribution is 2.23. The van der Waals surface area contributed by atoms with Gasteiger partial charge in [-0.05, 0) is 61.2 Å². The molecule has 1 aromatic carbocycles. The zero-order chi connectivity index (χ0) is 18.4. The van der Waals surface area contributed by atoms with Crippen molar-refractivity contribution in [2.45, 2.75) is 19.4 Å². The molecular weight excluding hydrogens is 404 g/mol. The highest BCUT2D eigenvalue weighted by atomic mass is 79.9. The molecule has 5 nitrogen and oxygen atoms in total. The molecule has 0 aliphatic rings. The van der Waals surface area contributed by atoms with E-state index in [2.05, 4.69) is 21.2 Å². The van der Waals surface area contributed by atoms with Crippen LogP contribution in [0.5, 0.6) is 0 Å². The van der Waals surface area contributed by atoms with Gasteiger partial charge in [0.1, 0.15) is 6.04 Å². The zero-order valence-corrected chi connectivity index (χ0v) is 16.8. The van der Waals surface area contributed by atoms with E-state index in [4.69, 9.17) is 4.42 Å². The number of benzene rings is 1. The van der Waals surface area contributed by atoms with Crippen LogP contribution < -0.4 is 10.2 Å². The number of rotatable bonds is 7. The summed E-state index contributed by atoms with van der Waals surface area (Å²) in [5, 5.41) is 2.78. The Labute approximate surface area is 160 Å². The van der Waals surface area contributed by atoms with Gasteiger partial charge in [-0.3, -0.25) is 9.59 Å². The normalized spacial score (nSPS) is 11.8. The van der Waals surface area contributed by atoms with Crippen LogP contribution in [0.15, 0.2) is 45.5 Å². The van der Waals surface area contributed by atoms with Crippen molar-refractivity contribution in [1.82, 2.24) is 5.32 Å². The molecule has 0 aliphatic heterocycles. The summed E-state index contributed by atoms with van der Waals surface area (Å²) in [5.74, 6) is 0.423. The van der Waals surface area contributed by atoms with Gasteiger partial charge in [0, 0.05) is 17.2 Å². The predicted octanol–water partition coefficient (Wildman–Crippen LogP) is 3.87. The maximum atomic E-state index is 12.9. The van der Waals surface area contributed by atoms with Gasteiger partial charge in [0.15, 0.2) is 5.76 Å². The molecule has 0 spiro atoms. The summed E-state index contributed by atoms with van der Waals surface area (Å²) in [5.41, 5.74) is 1.82. The van der Waals surface area contributed by atoms with Gasteiger partial charge in [0.2, 0.25) is 5.91 Å². The number of thioether (sulfide) groups is 1. The minimum absolute atomic E-state index is 0.157. The Hall–Kier alpha value is -1.73. The molecule has 2 amide bonds. The molecule has 0 saturated heterocycles. The number of halogens is 1. The molecule has 1 heterocycles. The standard InChI is InChI=1S/C18H21BrN2O3S/c1-12-11-13(6-7-14(12)19)21(2)18(23)15(8-10-25-3)20-17(22)16-5-4-9-24-16/h4-7,9,11,15H,8,10H2,1-3H3,(H,20,22). The molecule has 1 N–H and O–H groups in total. The van der Waals surface area contributed by atoms with E-state index >= 15 is 0 Å². The molecule has 1 aromatic heterocycles. The highest BCUT2D eigenvalue weighted by Gasteiger charge is 2.26. The second-order valence-corrected chi connectivity index (χ2v) is 7.46. The van der Waals surface area contributed by atoms with Crippen LogP contribution in [0.25, 0.3) is 0 Å². The number of carbonyl (C=O) groups excluding carboxylic acids is 2. The lowest BCUT2D eigenvalue weighted by atomic mass is 10.1. The van der Waals surface area contributed by atoms with E-state index in [1.165, 1.54) is 6.26 Å². The van der Waals surface area contributed by atoms with Crippen molar-refractivity contribution in [1.29, 1.82) is 0 Å². The summed E-state index contributed by atoms with van der Waals surface area (Å²) in [4.78, 5) is 26.7. The van der Waals surface area contributed by atoms with Crippen LogP contribution in [0.3, 0.4) is 0 Å². The smallest absolute Gasteiger partial charge is 0.287 e. The van der Waals surface area contributed by atoms with Crippen LogP contribution in [0.4, 0.5) is 5.69 Å². The molecule has 0 radical (unpaired) electrons. The second-order valence-electron chi connectivity index (χ2n) is 5.62. The number of amides is 2. The molecule has 2 aromatic rings. The number of hydrogen-bond acceptors (Lipinski definition) is 4. The van der Waals surface area contributed by atoms with E-state index in [1.807, 2.05) is 31.4 Å². The fourth-order valence-electron chi connectivity index (χ4n) is 2.33. The largest absolute Gasteiger partial charge is 0.459 e. The van der Waals surface area contributed by atoms with Crippen molar-refractivity contribution in [2.75, 3.05) is 24.0 Å². The van der Waals surface area contributed by atoms with Gasteiger partial charge in [-0.1, -0.05) is 15.9 Å². The number of nitrogens with one attached hydrogen (secondary N) is 1. The first-order valence-electron chi connectivity index (χ1n) is 7.81. The Morgan fingerprint density at radius 1 is 1.36 bits per heavy atom. The summed E-state index contributed by atoms with van der Waals surface area (Å²) in [6, 6.07) is 8.32. The summed E-state index contributed by atoms with van der Waals surface area (Å²) >= 11 is 5.09. The molecular formula is C18H21BrN2O3S. The first-order valence-corrected chi connectivity index (χ1v) is 9.99. The number of anilines is 1. The van der Waals surface area contributed by atoms with Crippen LogP contribution in [0.2, 0.25) is 0 Å². The van der Waals surface area contributed by atoms with Crippen molar-refractivity contribution < 1.29 is 14.0 Å². The van der Waals surface area contributed by atoms with E-state index in [-0.39, 0.29) is 17.6 Å². The Bertz CT molecular complexity index is 734. The minimum Gasteiger partial charge on any atom is -0.459 e. The molecule has 0 aliphatic carbocycles. The van der Waals surface area contributed by atoms with Crippen LogP contribution >= 0.6 is 27.7 Å². The Balaban J connectivity index is 2.15. The molecule has 1 atom stereocenters. The quantitative estimate of drug-likeness (QED) is 0.732. The lowest BCUT2D eigenvalue weighted by molar-refractivity contribution is -0.120. The maximum Gasteiger partial charge on any atom is 0.287 e. The molecule has 0 fully saturated rings. The molecule has 7 heteroatoms. The summed E-state index contributed by atoms with van der Waals surface area (Å²) < 4.78 is 6.10. The predicted molar refractivity (Wildman–Crippen MR) is 105 cm³/mol. The van der Waals surface area contributed by atoms with Crippen molar-refractivity contribution in [3.8, 4) is 0 Å². The second kappa shape index (κ2) is 9.10. The number of carbonyl (C=O) groups is 2. The monoisotopic (exact) mass is 424 g/mol. The van der Waals surface area contributed by atoms with Gasteiger partial charge >= 0.3 is 0 Å². The van der Waals surface area contributed by atoms with Crippen molar-refractivity contribution in [2.24, 2.45) is 0 Å². The van der Waals surface area contributed by atoms with E-state index in [9.17, 15) is 9.59 Å².